The van der Waals surface area contributed by atoms with E-state index in [9.17, 15) is 14.7 Å². The number of anilines is 1. The molecule has 0 aliphatic heterocycles. The molecule has 1 aromatic rings. The first kappa shape index (κ1) is 17.6. The molecule has 2 rings (SSSR count). The molecule has 7 heteroatoms. The smallest absolute Gasteiger partial charge is 0.337 e. The van der Waals surface area contributed by atoms with Gasteiger partial charge in [0.25, 0.3) is 0 Å². The van der Waals surface area contributed by atoms with Crippen molar-refractivity contribution in [3.63, 3.8) is 0 Å². The highest BCUT2D eigenvalue weighted by atomic mass is 32.2. The zero-order valence-electron chi connectivity index (χ0n) is 13.0. The molecule has 0 saturated heterocycles. The van der Waals surface area contributed by atoms with Crippen molar-refractivity contribution in [2.24, 2.45) is 0 Å². The number of aliphatic carboxylic acids is 1. The predicted octanol–water partition coefficient (Wildman–Crippen LogP) is 2.68. The van der Waals surface area contributed by atoms with Gasteiger partial charge in [0, 0.05) is 15.8 Å². The Bertz CT molecular complexity index is 554. The van der Waals surface area contributed by atoms with Crippen LogP contribution in [0.5, 0.6) is 0 Å². The molecule has 1 saturated carbocycles. The first-order chi connectivity index (χ1) is 10.9. The number of carboxylic acid groups (broad SMARTS) is 1. The van der Waals surface area contributed by atoms with Crippen LogP contribution < -0.4 is 10.6 Å². The third-order valence-electron chi connectivity index (χ3n) is 3.77. The molecule has 1 fully saturated rings. The largest absolute Gasteiger partial charge is 0.479 e. The van der Waals surface area contributed by atoms with Crippen molar-refractivity contribution in [3.8, 4) is 0 Å². The third-order valence-corrected chi connectivity index (χ3v) is 5.12. The fourth-order valence-electron chi connectivity index (χ4n) is 2.32. The van der Waals surface area contributed by atoms with Gasteiger partial charge < -0.3 is 20.8 Å². The van der Waals surface area contributed by atoms with Crippen LogP contribution >= 0.6 is 11.8 Å². The van der Waals surface area contributed by atoms with Gasteiger partial charge in [-0.05, 0) is 44.0 Å². The van der Waals surface area contributed by atoms with Crippen LogP contribution in [0.4, 0.5) is 10.5 Å². The summed E-state index contributed by atoms with van der Waals surface area (Å²) in [5.41, 5.74) is -1.37. The number of benzene rings is 1. The van der Waals surface area contributed by atoms with Crippen LogP contribution in [0.3, 0.4) is 0 Å². The van der Waals surface area contributed by atoms with Crippen molar-refractivity contribution < 1.29 is 19.8 Å². The van der Waals surface area contributed by atoms with E-state index in [0.717, 1.165) is 6.92 Å². The van der Waals surface area contributed by atoms with Crippen LogP contribution in [0.1, 0.15) is 32.6 Å². The van der Waals surface area contributed by atoms with E-state index in [2.05, 4.69) is 10.6 Å². The van der Waals surface area contributed by atoms with Crippen molar-refractivity contribution in [2.75, 3.05) is 11.9 Å². The SMILES string of the molecule is CC(O)(CNC(=O)Nc1ccc(SC2CCCC2)cc1)C(=O)O. The van der Waals surface area contributed by atoms with Gasteiger partial charge in [0.15, 0.2) is 5.60 Å². The molecule has 0 radical (unpaired) electrons. The number of urea groups is 1. The maximum Gasteiger partial charge on any atom is 0.337 e. The Labute approximate surface area is 139 Å². The Morgan fingerprint density at radius 2 is 1.87 bits per heavy atom. The summed E-state index contributed by atoms with van der Waals surface area (Å²) in [6.45, 7) is 0.758. The quantitative estimate of drug-likeness (QED) is 0.639. The summed E-state index contributed by atoms with van der Waals surface area (Å²) in [5.74, 6) is -1.38. The zero-order valence-corrected chi connectivity index (χ0v) is 13.9. The van der Waals surface area contributed by atoms with Crippen molar-refractivity contribution in [1.29, 1.82) is 0 Å². The van der Waals surface area contributed by atoms with Gasteiger partial charge in [0.05, 0.1) is 6.54 Å². The van der Waals surface area contributed by atoms with Gasteiger partial charge in [-0.15, -0.1) is 11.8 Å². The van der Waals surface area contributed by atoms with E-state index < -0.39 is 17.6 Å². The van der Waals surface area contributed by atoms with Gasteiger partial charge in [-0.1, -0.05) is 12.8 Å². The summed E-state index contributed by atoms with van der Waals surface area (Å²) in [5, 5.41) is 23.9. The van der Waals surface area contributed by atoms with E-state index in [-0.39, 0.29) is 6.54 Å². The molecular weight excluding hydrogens is 316 g/mol. The first-order valence-corrected chi connectivity index (χ1v) is 8.52. The van der Waals surface area contributed by atoms with Crippen molar-refractivity contribution in [3.05, 3.63) is 24.3 Å². The van der Waals surface area contributed by atoms with Gasteiger partial charge in [-0.3, -0.25) is 0 Å². The third kappa shape index (κ3) is 5.44. The average Bonchev–Trinajstić information content (AvgIpc) is 3.00. The highest BCUT2D eigenvalue weighted by Crippen LogP contribution is 2.34. The van der Waals surface area contributed by atoms with Crippen molar-refractivity contribution in [2.45, 2.75) is 48.4 Å². The lowest BCUT2D eigenvalue weighted by Gasteiger charge is -2.18. The summed E-state index contributed by atoms with van der Waals surface area (Å²) in [6, 6.07) is 7.00. The molecule has 2 amide bonds. The molecular formula is C16H22N2O4S. The van der Waals surface area contributed by atoms with Crippen LogP contribution in [0, 0.1) is 0 Å². The van der Waals surface area contributed by atoms with E-state index in [4.69, 9.17) is 5.11 Å². The standard InChI is InChI=1S/C16H22N2O4S/c1-16(22,14(19)20)10-17-15(21)18-11-6-8-13(9-7-11)23-12-4-2-3-5-12/h6-9,12,22H,2-5,10H2,1H3,(H,19,20)(H2,17,18,21). The number of carboxylic acids is 1. The summed E-state index contributed by atoms with van der Waals surface area (Å²) in [6.07, 6.45) is 5.13. The fourth-order valence-corrected chi connectivity index (χ4v) is 3.57. The Balaban J connectivity index is 1.80. The lowest BCUT2D eigenvalue weighted by atomic mass is 10.1. The zero-order chi connectivity index (χ0) is 16.9. The van der Waals surface area contributed by atoms with Crippen LogP contribution in [0.25, 0.3) is 0 Å². The number of thioether (sulfide) groups is 1. The molecule has 0 spiro atoms. The molecule has 0 aromatic heterocycles. The van der Waals surface area contributed by atoms with Crippen LogP contribution in [0.15, 0.2) is 29.2 Å². The lowest BCUT2D eigenvalue weighted by molar-refractivity contribution is -0.155. The number of rotatable bonds is 6. The number of aliphatic hydroxyl groups is 1. The van der Waals surface area contributed by atoms with Crippen LogP contribution in [0.2, 0.25) is 0 Å². The number of carbonyl (C=O) groups excluding carboxylic acids is 1. The van der Waals surface area contributed by atoms with E-state index in [1.807, 2.05) is 36.0 Å². The Morgan fingerprint density at radius 3 is 2.43 bits per heavy atom. The van der Waals surface area contributed by atoms with Gasteiger partial charge >= 0.3 is 12.0 Å². The molecule has 0 heterocycles. The molecule has 1 unspecified atom stereocenters. The van der Waals surface area contributed by atoms with Crippen LogP contribution in [-0.4, -0.2) is 39.6 Å². The first-order valence-electron chi connectivity index (χ1n) is 7.64. The fraction of sp³-hybridized carbons (Fsp3) is 0.500. The van der Waals surface area contributed by atoms with Gasteiger partial charge in [0.1, 0.15) is 0 Å². The summed E-state index contributed by atoms with van der Waals surface area (Å²) < 4.78 is 0. The molecule has 4 N–H and O–H groups in total. The van der Waals surface area contributed by atoms with Crippen LogP contribution in [-0.2, 0) is 4.79 Å². The lowest BCUT2D eigenvalue weighted by Crippen LogP contribution is -2.47. The molecule has 23 heavy (non-hydrogen) atoms. The Hall–Kier alpha value is -1.73. The topological polar surface area (TPSA) is 98.7 Å². The number of carbonyl (C=O) groups is 2. The molecule has 1 aliphatic carbocycles. The molecule has 0 bridgehead atoms. The summed E-state index contributed by atoms with van der Waals surface area (Å²) in [4.78, 5) is 23.6. The molecule has 6 nitrogen and oxygen atoms in total. The monoisotopic (exact) mass is 338 g/mol. The number of amides is 2. The normalized spacial score (nSPS) is 17.5. The maximum atomic E-state index is 11.7. The van der Waals surface area contributed by atoms with Crippen molar-refractivity contribution in [1.82, 2.24) is 5.32 Å². The van der Waals surface area contributed by atoms with Gasteiger partial charge in [-0.25, -0.2) is 9.59 Å². The van der Waals surface area contributed by atoms with Gasteiger partial charge in [-0.2, -0.15) is 0 Å². The predicted molar refractivity (Wildman–Crippen MR) is 89.8 cm³/mol. The highest BCUT2D eigenvalue weighted by Gasteiger charge is 2.30. The van der Waals surface area contributed by atoms with E-state index in [1.54, 1.807) is 0 Å². The Kier molecular flexibility index (Phi) is 5.90. The minimum Gasteiger partial charge on any atom is -0.479 e. The minimum atomic E-state index is -1.99. The maximum absolute atomic E-state index is 11.7. The van der Waals surface area contributed by atoms with Gasteiger partial charge in [0.2, 0.25) is 0 Å². The minimum absolute atomic E-state index is 0.371. The second-order valence-corrected chi connectivity index (χ2v) is 7.31. The highest BCUT2D eigenvalue weighted by molar-refractivity contribution is 8.00. The summed E-state index contributed by atoms with van der Waals surface area (Å²) >= 11 is 1.87. The Morgan fingerprint density at radius 1 is 1.26 bits per heavy atom. The number of nitrogens with one attached hydrogen (secondary N) is 2. The molecule has 126 valence electrons. The number of hydrogen-bond acceptors (Lipinski definition) is 4. The second kappa shape index (κ2) is 7.70. The molecule has 1 atom stereocenters. The van der Waals surface area contributed by atoms with Crippen molar-refractivity contribution >= 4 is 29.4 Å². The van der Waals surface area contributed by atoms with E-state index >= 15 is 0 Å². The van der Waals surface area contributed by atoms with E-state index in [0.29, 0.717) is 10.9 Å². The van der Waals surface area contributed by atoms with E-state index in [1.165, 1.54) is 30.6 Å². The average molecular weight is 338 g/mol. The summed E-state index contributed by atoms with van der Waals surface area (Å²) in [7, 11) is 0. The molecule has 1 aromatic carbocycles. The number of hydrogen-bond donors (Lipinski definition) is 4. The second-order valence-electron chi connectivity index (χ2n) is 5.94. The molecule has 1 aliphatic rings.